The zero-order valence-corrected chi connectivity index (χ0v) is 16.6. The van der Waals surface area contributed by atoms with Gasteiger partial charge in [-0.3, -0.25) is 0 Å². The molecule has 5 nitrogen and oxygen atoms in total. The number of rotatable bonds is 4. The molecule has 3 rings (SSSR count). The molecule has 140 valence electrons. The Morgan fingerprint density at radius 2 is 1.64 bits per heavy atom. The van der Waals surface area contributed by atoms with Crippen molar-refractivity contribution in [1.82, 2.24) is 0 Å². The summed E-state index contributed by atoms with van der Waals surface area (Å²) in [6, 6.07) is 5.84. The molecule has 2 atom stereocenters. The van der Waals surface area contributed by atoms with E-state index in [1.807, 2.05) is 12.1 Å². The summed E-state index contributed by atoms with van der Waals surface area (Å²) in [6.07, 6.45) is 2.60. The minimum Gasteiger partial charge on any atom is -0.372 e. The fourth-order valence-electron chi connectivity index (χ4n) is 3.79. The lowest BCUT2D eigenvalue weighted by Crippen LogP contribution is -2.45. The molecule has 1 aromatic rings. The van der Waals surface area contributed by atoms with E-state index in [0.29, 0.717) is 4.90 Å². The molecule has 2 aliphatic rings. The third kappa shape index (κ3) is 3.80. The van der Waals surface area contributed by atoms with Crippen LogP contribution in [0.5, 0.6) is 0 Å². The molecule has 2 aliphatic heterocycles. The number of benzene rings is 1. The van der Waals surface area contributed by atoms with Crippen LogP contribution >= 0.6 is 0 Å². The van der Waals surface area contributed by atoms with Crippen molar-refractivity contribution in [2.24, 2.45) is 0 Å². The predicted octanol–water partition coefficient (Wildman–Crippen LogP) is 3.08. The number of hydrogen-bond donors (Lipinski definition) is 0. The highest BCUT2D eigenvalue weighted by Gasteiger charge is 2.29. The number of sulfone groups is 1. The second-order valence-electron chi connectivity index (χ2n) is 7.60. The third-order valence-electron chi connectivity index (χ3n) is 5.10. The van der Waals surface area contributed by atoms with E-state index in [9.17, 15) is 8.42 Å². The van der Waals surface area contributed by atoms with Crippen LogP contribution in [0.1, 0.15) is 40.5 Å². The van der Waals surface area contributed by atoms with Gasteiger partial charge < -0.3 is 14.5 Å². The number of hydrogen-bond acceptors (Lipinski definition) is 5. The van der Waals surface area contributed by atoms with Crippen LogP contribution in [0.4, 0.5) is 11.4 Å². The highest BCUT2D eigenvalue weighted by Crippen LogP contribution is 2.35. The number of morpholine rings is 1. The summed E-state index contributed by atoms with van der Waals surface area (Å²) in [5.74, 6) is 0. The second-order valence-corrected chi connectivity index (χ2v) is 10.1. The summed E-state index contributed by atoms with van der Waals surface area (Å²) in [5, 5.41) is -0.414. The largest absolute Gasteiger partial charge is 0.372 e. The summed E-state index contributed by atoms with van der Waals surface area (Å²) in [7, 11) is -3.30. The van der Waals surface area contributed by atoms with Crippen LogP contribution in [0.2, 0.25) is 0 Å². The normalized spacial score (nSPS) is 25.0. The van der Waals surface area contributed by atoms with Gasteiger partial charge in [0.1, 0.15) is 0 Å². The maximum Gasteiger partial charge on any atom is 0.182 e. The highest BCUT2D eigenvalue weighted by atomic mass is 32.2. The lowest BCUT2D eigenvalue weighted by molar-refractivity contribution is -0.00521. The molecule has 0 N–H and O–H groups in total. The van der Waals surface area contributed by atoms with Gasteiger partial charge in [-0.1, -0.05) is 0 Å². The monoisotopic (exact) mass is 366 g/mol. The zero-order chi connectivity index (χ0) is 18.2. The van der Waals surface area contributed by atoms with Gasteiger partial charge in [0.15, 0.2) is 9.84 Å². The van der Waals surface area contributed by atoms with Crippen molar-refractivity contribution in [2.45, 2.75) is 62.9 Å². The Morgan fingerprint density at radius 1 is 1.04 bits per heavy atom. The first kappa shape index (κ1) is 18.5. The van der Waals surface area contributed by atoms with E-state index in [0.717, 1.165) is 50.4 Å². The number of ether oxygens (including phenoxy) is 1. The summed E-state index contributed by atoms with van der Waals surface area (Å²) in [4.78, 5) is 5.01. The molecular formula is C19H30N2O3S. The molecule has 0 saturated carbocycles. The Morgan fingerprint density at radius 3 is 2.20 bits per heavy atom. The smallest absolute Gasteiger partial charge is 0.182 e. The van der Waals surface area contributed by atoms with Gasteiger partial charge in [0, 0.05) is 31.9 Å². The first-order chi connectivity index (χ1) is 11.8. The number of anilines is 2. The van der Waals surface area contributed by atoms with Crippen LogP contribution in [0.25, 0.3) is 0 Å². The standard InChI is InChI=1S/C19H30N2O3S/c1-14(2)25(22,23)19-8-7-17(11-18(19)20-9-5-6-10-20)21-12-15(3)24-16(4)13-21/h7-8,11,14-16H,5-6,9-10,12-13H2,1-4H3. The van der Waals surface area contributed by atoms with Crippen molar-refractivity contribution in [3.8, 4) is 0 Å². The summed E-state index contributed by atoms with van der Waals surface area (Å²) < 4.78 is 31.5. The Kier molecular flexibility index (Phi) is 5.30. The van der Waals surface area contributed by atoms with Crippen molar-refractivity contribution in [2.75, 3.05) is 36.0 Å². The molecular weight excluding hydrogens is 336 g/mol. The Bertz CT molecular complexity index is 701. The number of nitrogens with zero attached hydrogens (tertiary/aromatic N) is 2. The van der Waals surface area contributed by atoms with E-state index in [-0.39, 0.29) is 12.2 Å². The summed E-state index contributed by atoms with van der Waals surface area (Å²) >= 11 is 0. The molecule has 0 spiro atoms. The molecule has 0 aromatic heterocycles. The van der Waals surface area contributed by atoms with Crippen LogP contribution in [0.15, 0.2) is 23.1 Å². The van der Waals surface area contributed by atoms with Crippen molar-refractivity contribution in [3.63, 3.8) is 0 Å². The maximum atomic E-state index is 12.8. The van der Waals surface area contributed by atoms with Crippen LogP contribution in [0.3, 0.4) is 0 Å². The second kappa shape index (κ2) is 7.16. The summed E-state index contributed by atoms with van der Waals surface area (Å²) in [5.41, 5.74) is 1.96. The molecule has 0 amide bonds. The van der Waals surface area contributed by atoms with Crippen LogP contribution in [0, 0.1) is 0 Å². The molecule has 6 heteroatoms. The van der Waals surface area contributed by atoms with E-state index in [4.69, 9.17) is 4.74 Å². The van der Waals surface area contributed by atoms with Gasteiger partial charge in [-0.05, 0) is 58.7 Å². The van der Waals surface area contributed by atoms with Crippen molar-refractivity contribution in [1.29, 1.82) is 0 Å². The van der Waals surface area contributed by atoms with Crippen LogP contribution < -0.4 is 9.80 Å². The van der Waals surface area contributed by atoms with E-state index in [1.165, 1.54) is 0 Å². The lowest BCUT2D eigenvalue weighted by Gasteiger charge is -2.37. The molecule has 2 heterocycles. The topological polar surface area (TPSA) is 49.9 Å². The van der Waals surface area contributed by atoms with E-state index >= 15 is 0 Å². The first-order valence-electron chi connectivity index (χ1n) is 9.32. The Hall–Kier alpha value is -1.27. The van der Waals surface area contributed by atoms with E-state index in [1.54, 1.807) is 13.8 Å². The molecule has 0 bridgehead atoms. The highest BCUT2D eigenvalue weighted by molar-refractivity contribution is 7.92. The SMILES string of the molecule is CC1CN(c2ccc(S(=O)(=O)C(C)C)c(N3CCCC3)c2)CC(C)O1. The molecule has 0 aliphatic carbocycles. The molecule has 0 radical (unpaired) electrons. The minimum absolute atomic E-state index is 0.179. The van der Waals surface area contributed by atoms with Gasteiger partial charge in [0.25, 0.3) is 0 Å². The Labute approximate surface area is 151 Å². The lowest BCUT2D eigenvalue weighted by atomic mass is 10.2. The summed E-state index contributed by atoms with van der Waals surface area (Å²) in [6.45, 7) is 11.2. The van der Waals surface area contributed by atoms with Gasteiger partial charge in [0.05, 0.1) is 28.0 Å². The Balaban J connectivity index is 2.01. The molecule has 25 heavy (non-hydrogen) atoms. The minimum atomic E-state index is -3.30. The van der Waals surface area contributed by atoms with Gasteiger partial charge in [0.2, 0.25) is 0 Å². The van der Waals surface area contributed by atoms with Gasteiger partial charge >= 0.3 is 0 Å². The fourth-order valence-corrected chi connectivity index (χ4v) is 5.04. The fraction of sp³-hybridized carbons (Fsp3) is 0.684. The zero-order valence-electron chi connectivity index (χ0n) is 15.7. The molecule has 2 saturated heterocycles. The average molecular weight is 367 g/mol. The van der Waals surface area contributed by atoms with Gasteiger partial charge in [-0.15, -0.1) is 0 Å². The van der Waals surface area contributed by atoms with Crippen LogP contribution in [-0.4, -0.2) is 52.1 Å². The third-order valence-corrected chi connectivity index (χ3v) is 7.30. The molecule has 2 unspecified atom stereocenters. The van der Waals surface area contributed by atoms with Gasteiger partial charge in [-0.25, -0.2) is 8.42 Å². The molecule has 2 fully saturated rings. The maximum absolute atomic E-state index is 12.8. The van der Waals surface area contributed by atoms with Crippen molar-refractivity contribution in [3.05, 3.63) is 18.2 Å². The van der Waals surface area contributed by atoms with Gasteiger partial charge in [-0.2, -0.15) is 0 Å². The first-order valence-corrected chi connectivity index (χ1v) is 10.9. The van der Waals surface area contributed by atoms with E-state index in [2.05, 4.69) is 29.7 Å². The molecule has 1 aromatic carbocycles. The average Bonchev–Trinajstić information content (AvgIpc) is 3.07. The quantitative estimate of drug-likeness (QED) is 0.820. The van der Waals surface area contributed by atoms with Crippen molar-refractivity contribution < 1.29 is 13.2 Å². The predicted molar refractivity (Wildman–Crippen MR) is 102 cm³/mol. The van der Waals surface area contributed by atoms with E-state index < -0.39 is 15.1 Å². The van der Waals surface area contributed by atoms with Crippen LogP contribution in [-0.2, 0) is 14.6 Å². The van der Waals surface area contributed by atoms with Crippen molar-refractivity contribution >= 4 is 21.2 Å².